The van der Waals surface area contributed by atoms with Gasteiger partial charge in [0.15, 0.2) is 5.84 Å². The molecule has 0 bridgehead atoms. The first-order valence-corrected chi connectivity index (χ1v) is 10.7. The lowest BCUT2D eigenvalue weighted by Crippen LogP contribution is -2.48. The van der Waals surface area contributed by atoms with Crippen molar-refractivity contribution in [1.82, 2.24) is 5.01 Å². The van der Waals surface area contributed by atoms with Crippen LogP contribution in [0, 0.1) is 17.9 Å². The number of nitrogens with zero attached hydrogens (tertiary/aromatic N) is 2. The van der Waals surface area contributed by atoms with Gasteiger partial charge in [0.1, 0.15) is 5.54 Å². The van der Waals surface area contributed by atoms with Gasteiger partial charge in [0.2, 0.25) is 0 Å². The maximum Gasteiger partial charge on any atom is 0.152 e. The summed E-state index contributed by atoms with van der Waals surface area (Å²) in [4.78, 5) is 0. The molecule has 0 aliphatic carbocycles. The fraction of sp³-hybridized carbons (Fsp3) is 0.0741. The Balaban J connectivity index is 2.06. The smallest absolute Gasteiger partial charge is 0.152 e. The summed E-state index contributed by atoms with van der Waals surface area (Å²) < 4.78 is 0. The van der Waals surface area contributed by atoms with E-state index < -0.39 is 5.54 Å². The third kappa shape index (κ3) is 3.70. The molecule has 0 unspecified atom stereocenters. The van der Waals surface area contributed by atoms with Crippen LogP contribution in [-0.4, -0.2) is 10.8 Å². The Morgan fingerprint density at radius 2 is 1.19 bits per heavy atom. The molecule has 0 spiro atoms. The third-order valence-corrected chi connectivity index (χ3v) is 5.88. The van der Waals surface area contributed by atoms with Crippen molar-refractivity contribution < 1.29 is 0 Å². The largest absolute Gasteiger partial charge is 0.283 e. The van der Waals surface area contributed by atoms with Gasteiger partial charge in [-0.3, -0.25) is 5.41 Å². The van der Waals surface area contributed by atoms with Crippen LogP contribution in [0.1, 0.15) is 27.8 Å². The van der Waals surface area contributed by atoms with E-state index in [1.807, 2.05) is 110 Å². The van der Waals surface area contributed by atoms with Gasteiger partial charge in [-0.05, 0) is 47.4 Å². The Labute approximate surface area is 193 Å². The lowest BCUT2D eigenvalue weighted by Gasteiger charge is -2.42. The topological polar surface area (TPSA) is 63.3 Å². The maximum absolute atomic E-state index is 9.17. The van der Waals surface area contributed by atoms with Crippen molar-refractivity contribution in [2.75, 3.05) is 0 Å². The summed E-state index contributed by atoms with van der Waals surface area (Å²) in [5.74, 6) is 0.116. The van der Waals surface area contributed by atoms with Gasteiger partial charge in [0, 0.05) is 10.6 Å². The molecule has 0 aliphatic heterocycles. The molecule has 0 aliphatic rings. The SMILES string of the molecule is Cc1cc(Cl)ccc1C(=N)N(N=N)C(c1ccccc1)(c1ccccc1)c1ccccc1. The van der Waals surface area contributed by atoms with E-state index in [2.05, 4.69) is 5.22 Å². The van der Waals surface area contributed by atoms with Gasteiger partial charge in [0.25, 0.3) is 0 Å². The van der Waals surface area contributed by atoms with Gasteiger partial charge in [-0.25, -0.2) is 5.01 Å². The minimum absolute atomic E-state index is 0.116. The van der Waals surface area contributed by atoms with E-state index in [0.717, 1.165) is 22.3 Å². The number of hydrogen-bond acceptors (Lipinski definition) is 3. The van der Waals surface area contributed by atoms with Crippen molar-refractivity contribution >= 4 is 17.4 Å². The van der Waals surface area contributed by atoms with E-state index in [9.17, 15) is 5.41 Å². The van der Waals surface area contributed by atoms with Crippen LogP contribution in [0.2, 0.25) is 5.02 Å². The molecule has 4 aromatic rings. The molecule has 0 radical (unpaired) electrons. The summed E-state index contributed by atoms with van der Waals surface area (Å²) in [7, 11) is 0. The van der Waals surface area contributed by atoms with Crippen molar-refractivity contribution in [2.24, 2.45) is 5.22 Å². The monoisotopic (exact) mass is 438 g/mol. The van der Waals surface area contributed by atoms with Crippen LogP contribution in [-0.2, 0) is 5.54 Å². The normalized spacial score (nSPS) is 11.1. The first-order valence-electron chi connectivity index (χ1n) is 10.3. The maximum atomic E-state index is 9.17. The molecule has 5 heteroatoms. The van der Waals surface area contributed by atoms with E-state index in [-0.39, 0.29) is 5.84 Å². The lowest BCUT2D eigenvalue weighted by molar-refractivity contribution is 0.252. The molecule has 158 valence electrons. The fourth-order valence-corrected chi connectivity index (χ4v) is 4.43. The van der Waals surface area contributed by atoms with Crippen LogP contribution < -0.4 is 0 Å². The van der Waals surface area contributed by atoms with Crippen molar-refractivity contribution in [2.45, 2.75) is 12.5 Å². The number of amidine groups is 1. The van der Waals surface area contributed by atoms with Crippen LogP contribution in [0.5, 0.6) is 0 Å². The van der Waals surface area contributed by atoms with Gasteiger partial charge in [0.05, 0.1) is 0 Å². The Morgan fingerprint density at radius 3 is 1.56 bits per heavy atom. The van der Waals surface area contributed by atoms with Crippen LogP contribution in [0.25, 0.3) is 0 Å². The van der Waals surface area contributed by atoms with Gasteiger partial charge >= 0.3 is 0 Å². The van der Waals surface area contributed by atoms with Gasteiger partial charge in [-0.15, -0.1) is 0 Å². The summed E-state index contributed by atoms with van der Waals surface area (Å²) >= 11 is 6.17. The van der Waals surface area contributed by atoms with Crippen molar-refractivity contribution in [3.63, 3.8) is 0 Å². The first-order chi connectivity index (χ1) is 15.6. The van der Waals surface area contributed by atoms with E-state index >= 15 is 0 Å². The molecule has 4 rings (SSSR count). The number of nitrogens with one attached hydrogen (secondary N) is 2. The highest BCUT2D eigenvalue weighted by atomic mass is 35.5. The Hall–Kier alpha value is -3.76. The number of halogens is 1. The first kappa shape index (κ1) is 21.5. The summed E-state index contributed by atoms with van der Waals surface area (Å²) in [5, 5.41) is 15.2. The number of hydrogen-bond donors (Lipinski definition) is 2. The fourth-order valence-electron chi connectivity index (χ4n) is 4.20. The standard InChI is InChI=1S/C27H23ClN4/c1-20-19-24(28)17-18-25(20)26(29)32(31-30)27(21-11-5-2-6-12-21,22-13-7-3-8-14-22)23-15-9-4-10-16-23/h2-19,29-30H,1H3. The van der Waals surface area contributed by atoms with Gasteiger partial charge in [-0.1, -0.05) is 108 Å². The van der Waals surface area contributed by atoms with Crippen LogP contribution in [0.3, 0.4) is 0 Å². The van der Waals surface area contributed by atoms with Crippen molar-refractivity contribution in [3.05, 3.63) is 142 Å². The summed E-state index contributed by atoms with van der Waals surface area (Å²) in [6.07, 6.45) is 0. The van der Waals surface area contributed by atoms with E-state index in [1.165, 1.54) is 5.01 Å². The quantitative estimate of drug-likeness (QED) is 0.108. The second-order valence-corrected chi connectivity index (χ2v) is 7.96. The van der Waals surface area contributed by atoms with Crippen LogP contribution in [0.15, 0.2) is 114 Å². The molecular weight excluding hydrogens is 416 g/mol. The zero-order valence-electron chi connectivity index (χ0n) is 17.7. The Morgan fingerprint density at radius 1 is 0.750 bits per heavy atom. The molecule has 4 aromatic carbocycles. The molecule has 0 atom stereocenters. The highest BCUT2D eigenvalue weighted by Gasteiger charge is 2.44. The van der Waals surface area contributed by atoms with Gasteiger partial charge in [-0.2, -0.15) is 5.53 Å². The van der Waals surface area contributed by atoms with E-state index in [1.54, 1.807) is 6.07 Å². The predicted octanol–water partition coefficient (Wildman–Crippen LogP) is 7.21. The summed E-state index contributed by atoms with van der Waals surface area (Å²) in [6, 6.07) is 35.2. The zero-order valence-corrected chi connectivity index (χ0v) is 18.4. The number of aryl methyl sites for hydroxylation is 1. The minimum atomic E-state index is -1.02. The van der Waals surface area contributed by atoms with Crippen LogP contribution >= 0.6 is 11.6 Å². The van der Waals surface area contributed by atoms with E-state index in [4.69, 9.17) is 17.1 Å². The third-order valence-electron chi connectivity index (χ3n) is 5.65. The zero-order chi connectivity index (χ0) is 22.6. The highest BCUT2D eigenvalue weighted by Crippen LogP contribution is 2.43. The molecule has 0 amide bonds. The predicted molar refractivity (Wildman–Crippen MR) is 129 cm³/mol. The molecule has 0 fully saturated rings. The molecule has 0 saturated heterocycles. The average molecular weight is 439 g/mol. The minimum Gasteiger partial charge on any atom is -0.283 e. The van der Waals surface area contributed by atoms with Crippen molar-refractivity contribution in [1.29, 1.82) is 10.9 Å². The van der Waals surface area contributed by atoms with Gasteiger partial charge < -0.3 is 0 Å². The molecule has 32 heavy (non-hydrogen) atoms. The highest BCUT2D eigenvalue weighted by molar-refractivity contribution is 6.30. The second-order valence-electron chi connectivity index (χ2n) is 7.53. The molecule has 2 N–H and O–H groups in total. The molecule has 0 saturated carbocycles. The molecule has 0 aromatic heterocycles. The molecular formula is C27H23ClN4. The van der Waals surface area contributed by atoms with Crippen LogP contribution in [0.4, 0.5) is 0 Å². The summed E-state index contributed by atoms with van der Waals surface area (Å²) in [5.41, 5.74) is 11.5. The number of benzene rings is 4. The Kier molecular flexibility index (Phi) is 6.15. The molecule has 0 heterocycles. The lowest BCUT2D eigenvalue weighted by atomic mass is 9.76. The summed E-state index contributed by atoms with van der Waals surface area (Å²) in [6.45, 7) is 1.91. The van der Waals surface area contributed by atoms with E-state index in [0.29, 0.717) is 10.6 Å². The molecule has 4 nitrogen and oxygen atoms in total. The number of rotatable bonds is 6. The Bertz CT molecular complexity index is 1130. The van der Waals surface area contributed by atoms with Crippen molar-refractivity contribution in [3.8, 4) is 0 Å². The average Bonchev–Trinajstić information content (AvgIpc) is 2.84. The second kappa shape index (κ2) is 9.16.